The van der Waals surface area contributed by atoms with E-state index in [9.17, 15) is 14.9 Å². The van der Waals surface area contributed by atoms with Gasteiger partial charge in [-0.1, -0.05) is 19.1 Å². The zero-order valence-corrected chi connectivity index (χ0v) is 21.6. The maximum absolute atomic E-state index is 12.9. The summed E-state index contributed by atoms with van der Waals surface area (Å²) in [5, 5.41) is 16.7. The van der Waals surface area contributed by atoms with E-state index in [2.05, 4.69) is 16.5 Å². The minimum atomic E-state index is -0.469. The average molecular weight is 507 g/mol. The molecule has 0 bridgehead atoms. The van der Waals surface area contributed by atoms with Gasteiger partial charge in [0.05, 0.1) is 24.9 Å². The lowest BCUT2D eigenvalue weighted by molar-refractivity contribution is -0.118. The summed E-state index contributed by atoms with van der Waals surface area (Å²) in [5.41, 5.74) is 3.55. The van der Waals surface area contributed by atoms with Crippen molar-refractivity contribution in [2.75, 3.05) is 7.11 Å². The van der Waals surface area contributed by atoms with Crippen LogP contribution in [0.15, 0.2) is 36.5 Å². The number of thiophene rings is 1. The molecule has 36 heavy (non-hydrogen) atoms. The first-order valence-corrected chi connectivity index (χ1v) is 12.8. The highest BCUT2D eigenvalue weighted by Gasteiger charge is 2.28. The largest absolute Gasteiger partial charge is 0.497 e. The van der Waals surface area contributed by atoms with Crippen LogP contribution >= 0.6 is 11.3 Å². The van der Waals surface area contributed by atoms with Crippen molar-refractivity contribution in [1.29, 1.82) is 5.26 Å². The number of Topliss-reactive ketones (excluding diaryl/α,β-unsaturated/α-hetero) is 1. The number of carbonyl (C=O) groups is 2. The standard InChI is InChI=1S/C27H30N4O4S/c1-17(18-5-4-6-21(12-18)34-3)11-20(32)13-25-24(15-28)23-8-7-22(14-26(23)36-25)35-27(33)29-16-19-9-10-30-31(19)2/h4-6,9-10,12,17,22H,7-8,11,13-14,16H2,1-3H3,(H,29,33). The van der Waals surface area contributed by atoms with Gasteiger partial charge in [0.25, 0.3) is 0 Å². The maximum atomic E-state index is 12.9. The molecule has 2 atom stereocenters. The van der Waals surface area contributed by atoms with Gasteiger partial charge >= 0.3 is 6.09 Å². The molecule has 2 heterocycles. The average Bonchev–Trinajstić information content (AvgIpc) is 3.44. The van der Waals surface area contributed by atoms with Crippen LogP contribution < -0.4 is 10.1 Å². The first-order chi connectivity index (χ1) is 17.4. The van der Waals surface area contributed by atoms with Crippen LogP contribution in [0.5, 0.6) is 5.75 Å². The molecule has 0 saturated heterocycles. The SMILES string of the molecule is COc1cccc(C(C)CC(=O)Cc2sc3c(c2C#N)CCC(OC(=O)NCc2ccnn2C)C3)c1. The van der Waals surface area contributed by atoms with Gasteiger partial charge in [-0.25, -0.2) is 4.79 Å². The number of benzene rings is 1. The van der Waals surface area contributed by atoms with E-state index in [1.54, 1.807) is 18.0 Å². The fourth-order valence-corrected chi connectivity index (χ4v) is 5.95. The Morgan fingerprint density at radius 1 is 1.36 bits per heavy atom. The van der Waals surface area contributed by atoms with Crippen LogP contribution in [0.1, 0.15) is 57.8 Å². The molecule has 0 fully saturated rings. The first kappa shape index (κ1) is 25.5. The van der Waals surface area contributed by atoms with E-state index in [-0.39, 0.29) is 24.2 Å². The molecular weight excluding hydrogens is 476 g/mol. The van der Waals surface area contributed by atoms with Crippen molar-refractivity contribution in [2.24, 2.45) is 7.05 Å². The molecule has 8 nitrogen and oxygen atoms in total. The molecule has 4 rings (SSSR count). The summed E-state index contributed by atoms with van der Waals surface area (Å²) in [6.45, 7) is 2.37. The first-order valence-electron chi connectivity index (χ1n) is 12.0. The van der Waals surface area contributed by atoms with Crippen LogP contribution in [-0.2, 0) is 42.4 Å². The normalized spacial score (nSPS) is 15.4. The number of aromatic nitrogens is 2. The van der Waals surface area contributed by atoms with E-state index in [0.29, 0.717) is 37.8 Å². The topological polar surface area (TPSA) is 106 Å². The quantitative estimate of drug-likeness (QED) is 0.460. The number of ketones is 1. The van der Waals surface area contributed by atoms with Crippen molar-refractivity contribution >= 4 is 23.2 Å². The molecule has 1 N–H and O–H groups in total. The van der Waals surface area contributed by atoms with Gasteiger partial charge in [0.1, 0.15) is 23.7 Å². The highest BCUT2D eigenvalue weighted by molar-refractivity contribution is 7.12. The Labute approximate surface area is 214 Å². The lowest BCUT2D eigenvalue weighted by atomic mass is 9.91. The molecule has 2 unspecified atom stereocenters. The summed E-state index contributed by atoms with van der Waals surface area (Å²) < 4.78 is 12.6. The molecule has 0 spiro atoms. The number of carbonyl (C=O) groups excluding carboxylic acids is 2. The summed E-state index contributed by atoms with van der Waals surface area (Å²) in [6.07, 6.45) is 3.45. The molecule has 9 heteroatoms. The molecular formula is C27H30N4O4S. The van der Waals surface area contributed by atoms with Crippen LogP contribution in [0, 0.1) is 11.3 Å². The minimum absolute atomic E-state index is 0.0513. The summed E-state index contributed by atoms with van der Waals surface area (Å²) in [5.74, 6) is 0.921. The summed E-state index contributed by atoms with van der Waals surface area (Å²) in [4.78, 5) is 27.1. The number of hydrogen-bond donors (Lipinski definition) is 1. The van der Waals surface area contributed by atoms with Gasteiger partial charge in [-0.05, 0) is 48.1 Å². The molecule has 2 aromatic heterocycles. The molecule has 1 aliphatic carbocycles. The van der Waals surface area contributed by atoms with Crippen molar-refractivity contribution in [3.63, 3.8) is 0 Å². The molecule has 1 aliphatic rings. The smallest absolute Gasteiger partial charge is 0.407 e. The van der Waals surface area contributed by atoms with Crippen molar-refractivity contribution in [3.8, 4) is 11.8 Å². The highest BCUT2D eigenvalue weighted by atomic mass is 32.1. The maximum Gasteiger partial charge on any atom is 0.407 e. The Hall–Kier alpha value is -3.64. The molecule has 3 aromatic rings. The predicted molar refractivity (Wildman–Crippen MR) is 136 cm³/mol. The molecule has 188 valence electrons. The molecule has 0 radical (unpaired) electrons. The Morgan fingerprint density at radius 3 is 2.92 bits per heavy atom. The number of hydrogen-bond acceptors (Lipinski definition) is 7. The number of aryl methyl sites for hydroxylation is 1. The number of methoxy groups -OCH3 is 1. The van der Waals surface area contributed by atoms with Gasteiger partial charge < -0.3 is 14.8 Å². The van der Waals surface area contributed by atoms with Crippen molar-refractivity contribution < 1.29 is 19.1 Å². The second-order valence-corrected chi connectivity index (χ2v) is 10.3. The molecule has 0 saturated carbocycles. The number of nitrogens with zero attached hydrogens (tertiary/aromatic N) is 3. The number of nitrogens with one attached hydrogen (secondary N) is 1. The van der Waals surface area contributed by atoms with Crippen molar-refractivity contribution in [3.05, 3.63) is 68.7 Å². The third-order valence-electron chi connectivity index (χ3n) is 6.57. The monoisotopic (exact) mass is 506 g/mol. The van der Waals surface area contributed by atoms with Gasteiger partial charge in [-0.15, -0.1) is 11.3 Å². The summed E-state index contributed by atoms with van der Waals surface area (Å²) in [7, 11) is 3.44. The van der Waals surface area contributed by atoms with E-state index >= 15 is 0 Å². The Morgan fingerprint density at radius 2 is 2.19 bits per heavy atom. The lowest BCUT2D eigenvalue weighted by Crippen LogP contribution is -2.32. The summed E-state index contributed by atoms with van der Waals surface area (Å²) in [6, 6.07) is 11.9. The van der Waals surface area contributed by atoms with Crippen molar-refractivity contribution in [1.82, 2.24) is 15.1 Å². The number of alkyl carbamates (subject to hydrolysis) is 1. The van der Waals surface area contributed by atoms with E-state index in [1.165, 1.54) is 11.3 Å². The van der Waals surface area contributed by atoms with Crippen LogP contribution in [0.2, 0.25) is 0 Å². The van der Waals surface area contributed by atoms with Crippen LogP contribution in [-0.4, -0.2) is 34.9 Å². The van der Waals surface area contributed by atoms with E-state index in [0.717, 1.165) is 32.3 Å². The highest BCUT2D eigenvalue weighted by Crippen LogP contribution is 2.36. The molecule has 1 aromatic carbocycles. The van der Waals surface area contributed by atoms with E-state index < -0.39 is 6.09 Å². The summed E-state index contributed by atoms with van der Waals surface area (Å²) >= 11 is 1.50. The van der Waals surface area contributed by atoms with Gasteiger partial charge in [0.2, 0.25) is 0 Å². The minimum Gasteiger partial charge on any atom is -0.497 e. The third-order valence-corrected chi connectivity index (χ3v) is 7.82. The second kappa shape index (κ2) is 11.4. The number of rotatable bonds is 9. The van der Waals surface area contributed by atoms with Crippen molar-refractivity contribution in [2.45, 2.75) is 57.6 Å². The second-order valence-electron chi connectivity index (χ2n) is 9.08. The number of amides is 1. The zero-order chi connectivity index (χ0) is 25.7. The van der Waals surface area contributed by atoms with Crippen LogP contribution in [0.3, 0.4) is 0 Å². The molecule has 0 aliphatic heterocycles. The van der Waals surface area contributed by atoms with Crippen LogP contribution in [0.25, 0.3) is 0 Å². The van der Waals surface area contributed by atoms with E-state index in [4.69, 9.17) is 9.47 Å². The van der Waals surface area contributed by atoms with E-state index in [1.807, 2.05) is 44.3 Å². The third kappa shape index (κ3) is 5.94. The van der Waals surface area contributed by atoms with Crippen LogP contribution in [0.4, 0.5) is 4.79 Å². The molecule has 1 amide bonds. The fraction of sp³-hybridized carbons (Fsp3) is 0.407. The fourth-order valence-electron chi connectivity index (χ4n) is 4.56. The Bertz CT molecular complexity index is 1290. The number of fused-ring (bicyclic) bond motifs is 1. The number of nitriles is 1. The van der Waals surface area contributed by atoms with Gasteiger partial charge in [-0.3, -0.25) is 9.48 Å². The van der Waals surface area contributed by atoms with Gasteiger partial charge in [-0.2, -0.15) is 10.4 Å². The van der Waals surface area contributed by atoms with Gasteiger partial charge in [0.15, 0.2) is 0 Å². The Balaban J connectivity index is 1.35. The number of ether oxygens (including phenoxy) is 2. The Kier molecular flexibility index (Phi) is 8.06. The predicted octanol–water partition coefficient (Wildman–Crippen LogP) is 4.45. The van der Waals surface area contributed by atoms with Gasteiger partial charge in [0, 0.05) is 42.3 Å². The lowest BCUT2D eigenvalue weighted by Gasteiger charge is -2.22. The zero-order valence-electron chi connectivity index (χ0n) is 20.7.